The van der Waals surface area contributed by atoms with Crippen LogP contribution in [0.25, 0.3) is 0 Å². The zero-order valence-corrected chi connectivity index (χ0v) is 8.63. The normalized spacial score (nSPS) is 14.9. The van der Waals surface area contributed by atoms with Crippen LogP contribution in [0.5, 0.6) is 0 Å². The number of halogens is 4. The lowest BCUT2D eigenvalue weighted by Gasteiger charge is -2.07. The van der Waals surface area contributed by atoms with Crippen LogP contribution in [0.2, 0.25) is 0 Å². The zero-order valence-electron chi connectivity index (χ0n) is 7.87. The molecule has 14 heavy (non-hydrogen) atoms. The second-order valence-electron chi connectivity index (χ2n) is 2.52. The van der Waals surface area contributed by atoms with Crippen molar-refractivity contribution in [3.63, 3.8) is 0 Å². The van der Waals surface area contributed by atoms with E-state index < -0.39 is 11.7 Å². The molecule has 0 aromatic heterocycles. The quantitative estimate of drug-likeness (QED) is 0.727. The van der Waals surface area contributed by atoms with Gasteiger partial charge in [-0.25, -0.2) is 0 Å². The molecule has 0 aromatic rings. The third kappa shape index (κ3) is 3.87. The van der Waals surface area contributed by atoms with Gasteiger partial charge >= 0.3 is 6.18 Å². The molecule has 1 nitrogen and oxygen atoms in total. The second kappa shape index (κ2) is 5.10. The van der Waals surface area contributed by atoms with E-state index in [1.807, 2.05) is 0 Å². The van der Waals surface area contributed by atoms with Crippen molar-refractivity contribution >= 4 is 11.6 Å². The van der Waals surface area contributed by atoms with E-state index in [9.17, 15) is 13.2 Å². The highest BCUT2D eigenvalue weighted by molar-refractivity contribution is 6.31. The van der Waals surface area contributed by atoms with Crippen molar-refractivity contribution in [2.45, 2.75) is 13.1 Å². The van der Waals surface area contributed by atoms with Gasteiger partial charge in [-0.05, 0) is 13.0 Å². The standard InChI is InChI=1S/C9H11ClF3N/c1-4-7(9(11,12)13)5-8(10)6(2)14-3/h4-5,14H,1H2,2-3H3/b7-5+,8-6-. The van der Waals surface area contributed by atoms with Gasteiger partial charge in [-0.15, -0.1) is 0 Å². The molecule has 1 N–H and O–H groups in total. The first-order valence-corrected chi connectivity index (χ1v) is 4.16. The van der Waals surface area contributed by atoms with Crippen molar-refractivity contribution in [1.82, 2.24) is 5.32 Å². The van der Waals surface area contributed by atoms with Gasteiger partial charge in [-0.1, -0.05) is 24.3 Å². The minimum absolute atomic E-state index is 0.0136. The second-order valence-corrected chi connectivity index (χ2v) is 2.93. The molecule has 80 valence electrons. The molecule has 0 fully saturated rings. The molecular weight excluding hydrogens is 215 g/mol. The third-order valence-electron chi connectivity index (χ3n) is 1.56. The van der Waals surface area contributed by atoms with Crippen molar-refractivity contribution in [1.29, 1.82) is 0 Å². The van der Waals surface area contributed by atoms with Crippen LogP contribution >= 0.6 is 11.6 Å². The Labute approximate surface area is 85.9 Å². The minimum atomic E-state index is -4.42. The maximum absolute atomic E-state index is 12.2. The average Bonchev–Trinajstić information content (AvgIpc) is 2.10. The van der Waals surface area contributed by atoms with Crippen LogP contribution in [0, 0.1) is 0 Å². The van der Waals surface area contributed by atoms with E-state index in [2.05, 4.69) is 11.9 Å². The zero-order chi connectivity index (χ0) is 11.4. The van der Waals surface area contributed by atoms with Gasteiger partial charge in [-0.3, -0.25) is 0 Å². The fourth-order valence-corrected chi connectivity index (χ4v) is 0.833. The van der Waals surface area contributed by atoms with E-state index in [0.717, 1.165) is 12.2 Å². The number of hydrogen-bond donors (Lipinski definition) is 1. The summed E-state index contributed by atoms with van der Waals surface area (Å²) in [7, 11) is 1.58. The molecule has 0 saturated heterocycles. The number of allylic oxidation sites excluding steroid dienone is 5. The Balaban J connectivity index is 5.06. The van der Waals surface area contributed by atoms with Gasteiger partial charge in [0, 0.05) is 12.7 Å². The molecule has 5 heteroatoms. The van der Waals surface area contributed by atoms with Crippen LogP contribution in [0.3, 0.4) is 0 Å². The van der Waals surface area contributed by atoms with Crippen LogP contribution in [-0.4, -0.2) is 13.2 Å². The molecule has 0 aliphatic carbocycles. The maximum atomic E-state index is 12.2. The summed E-state index contributed by atoms with van der Waals surface area (Å²) in [6, 6.07) is 0. The molecule has 0 aromatic carbocycles. The van der Waals surface area contributed by atoms with Crippen LogP contribution < -0.4 is 5.32 Å². The summed E-state index contributed by atoms with van der Waals surface area (Å²) in [5.41, 5.74) is -0.396. The minimum Gasteiger partial charge on any atom is -0.390 e. The smallest absolute Gasteiger partial charge is 0.390 e. The Morgan fingerprint density at radius 1 is 1.43 bits per heavy atom. The van der Waals surface area contributed by atoms with Crippen LogP contribution in [0.15, 0.2) is 35.0 Å². The molecule has 0 spiro atoms. The van der Waals surface area contributed by atoms with Crippen molar-refractivity contribution in [3.8, 4) is 0 Å². The summed E-state index contributed by atoms with van der Waals surface area (Å²) in [5, 5.41) is 2.66. The fraction of sp³-hybridized carbons (Fsp3) is 0.333. The topological polar surface area (TPSA) is 12.0 Å². The first-order chi connectivity index (χ1) is 6.32. The van der Waals surface area contributed by atoms with Gasteiger partial charge in [0.05, 0.1) is 10.6 Å². The van der Waals surface area contributed by atoms with Gasteiger partial charge in [0.2, 0.25) is 0 Å². The maximum Gasteiger partial charge on any atom is 0.416 e. The van der Waals surface area contributed by atoms with Crippen LogP contribution in [0.1, 0.15) is 6.92 Å². The van der Waals surface area contributed by atoms with Crippen molar-refractivity contribution in [2.24, 2.45) is 0 Å². The predicted octanol–water partition coefficient (Wildman–Crippen LogP) is 3.35. The predicted molar refractivity (Wildman–Crippen MR) is 51.9 cm³/mol. The van der Waals surface area contributed by atoms with Gasteiger partial charge in [0.25, 0.3) is 0 Å². The number of hydrogen-bond acceptors (Lipinski definition) is 1. The molecule has 0 aliphatic heterocycles. The highest BCUT2D eigenvalue weighted by atomic mass is 35.5. The Hall–Kier alpha value is -0.900. The lowest BCUT2D eigenvalue weighted by atomic mass is 10.2. The summed E-state index contributed by atoms with van der Waals surface area (Å²) < 4.78 is 36.6. The summed E-state index contributed by atoms with van der Waals surface area (Å²) in [6.07, 6.45) is -2.86. The molecule has 0 amide bonds. The number of rotatable bonds is 3. The van der Waals surface area contributed by atoms with E-state index >= 15 is 0 Å². The van der Waals surface area contributed by atoms with Crippen molar-refractivity contribution < 1.29 is 13.2 Å². The van der Waals surface area contributed by atoms with Gasteiger partial charge < -0.3 is 5.32 Å². The van der Waals surface area contributed by atoms with E-state index in [0.29, 0.717) is 5.70 Å². The molecule has 0 saturated carbocycles. The summed E-state index contributed by atoms with van der Waals surface area (Å²) >= 11 is 5.60. The van der Waals surface area contributed by atoms with Crippen LogP contribution in [-0.2, 0) is 0 Å². The molecule has 0 heterocycles. The van der Waals surface area contributed by atoms with E-state index in [-0.39, 0.29) is 5.03 Å². The number of nitrogens with one attached hydrogen (secondary N) is 1. The third-order valence-corrected chi connectivity index (χ3v) is 1.96. The molecular formula is C9H11ClF3N. The molecule has 0 rings (SSSR count). The van der Waals surface area contributed by atoms with E-state index in [1.165, 1.54) is 0 Å². The highest BCUT2D eigenvalue weighted by Crippen LogP contribution is 2.28. The summed E-state index contributed by atoms with van der Waals surface area (Å²) in [5.74, 6) is 0. The van der Waals surface area contributed by atoms with Crippen molar-refractivity contribution in [3.05, 3.63) is 35.0 Å². The molecule has 0 atom stereocenters. The monoisotopic (exact) mass is 225 g/mol. The largest absolute Gasteiger partial charge is 0.416 e. The highest BCUT2D eigenvalue weighted by Gasteiger charge is 2.31. The Bertz CT molecular complexity index is 276. The lowest BCUT2D eigenvalue weighted by molar-refractivity contribution is -0.0881. The number of alkyl halides is 3. The Kier molecular flexibility index (Phi) is 4.77. The van der Waals surface area contributed by atoms with E-state index in [4.69, 9.17) is 11.6 Å². The van der Waals surface area contributed by atoms with Gasteiger partial charge in [0.15, 0.2) is 0 Å². The SMILES string of the molecule is C=C/C(=C\C(Cl)=C(/C)NC)C(F)(F)F. The Morgan fingerprint density at radius 2 is 1.93 bits per heavy atom. The molecule has 0 bridgehead atoms. The van der Waals surface area contributed by atoms with Crippen molar-refractivity contribution in [2.75, 3.05) is 7.05 Å². The average molecular weight is 226 g/mol. The van der Waals surface area contributed by atoms with E-state index in [1.54, 1.807) is 14.0 Å². The summed E-state index contributed by atoms with van der Waals surface area (Å²) in [4.78, 5) is 0. The Morgan fingerprint density at radius 3 is 2.21 bits per heavy atom. The van der Waals surface area contributed by atoms with Crippen LogP contribution in [0.4, 0.5) is 13.2 Å². The first kappa shape index (κ1) is 13.1. The summed E-state index contributed by atoms with van der Waals surface area (Å²) in [6.45, 7) is 4.66. The molecule has 0 radical (unpaired) electrons. The van der Waals surface area contributed by atoms with Gasteiger partial charge in [-0.2, -0.15) is 13.2 Å². The molecule has 0 aliphatic rings. The first-order valence-electron chi connectivity index (χ1n) is 3.78. The lowest BCUT2D eigenvalue weighted by Crippen LogP contribution is -2.10. The van der Waals surface area contributed by atoms with Gasteiger partial charge in [0.1, 0.15) is 0 Å². The molecule has 0 unspecified atom stereocenters. The fourth-order valence-electron chi connectivity index (χ4n) is 0.621.